The van der Waals surface area contributed by atoms with Gasteiger partial charge in [0.1, 0.15) is 0 Å². The lowest BCUT2D eigenvalue weighted by molar-refractivity contribution is 0.527. The smallest absolute Gasteiger partial charge is 0.0707 e. The third-order valence-corrected chi connectivity index (χ3v) is 4.02. The van der Waals surface area contributed by atoms with E-state index in [-0.39, 0.29) is 0 Å². The number of hydrogen-bond acceptors (Lipinski definition) is 1. The van der Waals surface area contributed by atoms with Crippen molar-refractivity contribution in [3.8, 4) is 0 Å². The van der Waals surface area contributed by atoms with E-state index >= 15 is 0 Å². The molecular formula is C14H17ClN2. The lowest BCUT2D eigenvalue weighted by Crippen LogP contribution is -2.27. The van der Waals surface area contributed by atoms with E-state index < -0.39 is 0 Å². The molecule has 2 nitrogen and oxygen atoms in total. The van der Waals surface area contributed by atoms with Crippen molar-refractivity contribution in [3.05, 3.63) is 34.5 Å². The maximum Gasteiger partial charge on any atom is 0.0707 e. The number of rotatable bonds is 1. The fourth-order valence-electron chi connectivity index (χ4n) is 2.57. The Morgan fingerprint density at radius 1 is 1.35 bits per heavy atom. The Balaban J connectivity index is 2.27. The molecule has 3 rings (SSSR count). The minimum Gasteiger partial charge on any atom is -0.341 e. The molecule has 0 bridgehead atoms. The molecule has 0 radical (unpaired) electrons. The van der Waals surface area contributed by atoms with Crippen molar-refractivity contribution in [2.24, 2.45) is 0 Å². The molecule has 0 aliphatic carbocycles. The van der Waals surface area contributed by atoms with Gasteiger partial charge in [-0.25, -0.2) is 0 Å². The third-order valence-electron chi connectivity index (χ3n) is 3.60. The molecule has 0 amide bonds. The fraction of sp³-hybridized carbons (Fsp3) is 0.429. The van der Waals surface area contributed by atoms with Gasteiger partial charge < -0.3 is 9.88 Å². The number of aromatic nitrogens is 1. The number of benzene rings is 1. The molecule has 3 heteroatoms. The second-order valence-corrected chi connectivity index (χ2v) is 5.40. The van der Waals surface area contributed by atoms with Gasteiger partial charge in [-0.3, -0.25) is 0 Å². The Bertz CT molecular complexity index is 569. The quantitative estimate of drug-likeness (QED) is 0.817. The van der Waals surface area contributed by atoms with E-state index in [9.17, 15) is 0 Å². The van der Waals surface area contributed by atoms with Crippen LogP contribution in [0.5, 0.6) is 0 Å². The minimum absolute atomic E-state index is 0.547. The van der Waals surface area contributed by atoms with Crippen molar-refractivity contribution in [2.75, 3.05) is 6.54 Å². The Hall–Kier alpha value is -0.990. The highest BCUT2D eigenvalue weighted by molar-refractivity contribution is 6.36. The van der Waals surface area contributed by atoms with Gasteiger partial charge in [0, 0.05) is 30.5 Å². The van der Waals surface area contributed by atoms with Crippen molar-refractivity contribution in [1.82, 2.24) is 9.88 Å². The zero-order chi connectivity index (χ0) is 12.0. The number of fused-ring (bicyclic) bond motifs is 3. The van der Waals surface area contributed by atoms with E-state index in [0.29, 0.717) is 5.92 Å². The minimum atomic E-state index is 0.547. The zero-order valence-electron chi connectivity index (χ0n) is 10.3. The van der Waals surface area contributed by atoms with Crippen LogP contribution in [0.1, 0.15) is 31.0 Å². The lowest BCUT2D eigenvalue weighted by atomic mass is 10.0. The monoisotopic (exact) mass is 248 g/mol. The summed E-state index contributed by atoms with van der Waals surface area (Å²) in [7, 11) is 0. The van der Waals surface area contributed by atoms with Gasteiger partial charge in [-0.05, 0) is 23.6 Å². The summed E-state index contributed by atoms with van der Waals surface area (Å²) in [5.74, 6) is 0.547. The first-order valence-corrected chi connectivity index (χ1v) is 6.57. The molecule has 2 aromatic rings. The molecule has 1 aliphatic heterocycles. The summed E-state index contributed by atoms with van der Waals surface area (Å²) in [6.45, 7) is 7.35. The SMILES string of the molecule is CC(C)c1ccc2c(c1)c(Cl)c1n2CCNC1. The first-order chi connectivity index (χ1) is 8.18. The Morgan fingerprint density at radius 3 is 2.94 bits per heavy atom. The molecule has 0 spiro atoms. The van der Waals surface area contributed by atoms with Crippen LogP contribution >= 0.6 is 11.6 Å². The van der Waals surface area contributed by atoms with E-state index in [0.717, 1.165) is 24.7 Å². The molecule has 1 N–H and O–H groups in total. The maximum atomic E-state index is 6.49. The second-order valence-electron chi connectivity index (χ2n) is 5.02. The van der Waals surface area contributed by atoms with Gasteiger partial charge in [-0.2, -0.15) is 0 Å². The van der Waals surface area contributed by atoms with E-state index in [1.54, 1.807) is 0 Å². The van der Waals surface area contributed by atoms with E-state index in [4.69, 9.17) is 11.6 Å². The maximum absolute atomic E-state index is 6.49. The van der Waals surface area contributed by atoms with Gasteiger partial charge >= 0.3 is 0 Å². The van der Waals surface area contributed by atoms with E-state index in [2.05, 4.69) is 41.9 Å². The predicted molar refractivity (Wildman–Crippen MR) is 72.7 cm³/mol. The Morgan fingerprint density at radius 2 is 2.18 bits per heavy atom. The molecule has 2 heterocycles. The molecule has 0 unspecified atom stereocenters. The van der Waals surface area contributed by atoms with Crippen LogP contribution < -0.4 is 5.32 Å². The topological polar surface area (TPSA) is 17.0 Å². The van der Waals surface area contributed by atoms with Crippen molar-refractivity contribution >= 4 is 22.5 Å². The summed E-state index contributed by atoms with van der Waals surface area (Å²) in [6, 6.07) is 6.68. The predicted octanol–water partition coefficient (Wildman–Crippen LogP) is 3.52. The number of nitrogens with one attached hydrogen (secondary N) is 1. The molecule has 1 aromatic carbocycles. The van der Waals surface area contributed by atoms with E-state index in [1.165, 1.54) is 22.2 Å². The van der Waals surface area contributed by atoms with Crippen molar-refractivity contribution in [3.63, 3.8) is 0 Å². The highest BCUT2D eigenvalue weighted by Crippen LogP contribution is 2.33. The van der Waals surface area contributed by atoms with Crippen molar-refractivity contribution < 1.29 is 0 Å². The van der Waals surface area contributed by atoms with Crippen LogP contribution in [0.15, 0.2) is 18.2 Å². The number of nitrogens with zero attached hydrogens (tertiary/aromatic N) is 1. The number of halogens is 1. The summed E-state index contributed by atoms with van der Waals surface area (Å²) >= 11 is 6.49. The Labute approximate surface area is 107 Å². The van der Waals surface area contributed by atoms with Crippen LogP contribution in [0.4, 0.5) is 0 Å². The fourth-order valence-corrected chi connectivity index (χ4v) is 2.89. The largest absolute Gasteiger partial charge is 0.341 e. The lowest BCUT2D eigenvalue weighted by Gasteiger charge is -2.17. The second kappa shape index (κ2) is 4.04. The summed E-state index contributed by atoms with van der Waals surface area (Å²) in [5.41, 5.74) is 3.86. The first kappa shape index (κ1) is 11.1. The molecule has 1 aromatic heterocycles. The summed E-state index contributed by atoms with van der Waals surface area (Å²) < 4.78 is 2.35. The molecule has 90 valence electrons. The van der Waals surface area contributed by atoms with Crippen LogP contribution in [0, 0.1) is 0 Å². The summed E-state index contributed by atoms with van der Waals surface area (Å²) in [5, 5.41) is 5.51. The van der Waals surface area contributed by atoms with E-state index in [1.807, 2.05) is 0 Å². The van der Waals surface area contributed by atoms with Gasteiger partial charge in [-0.15, -0.1) is 0 Å². The average Bonchev–Trinajstić information content (AvgIpc) is 2.64. The van der Waals surface area contributed by atoms with Gasteiger partial charge in [0.15, 0.2) is 0 Å². The molecule has 0 saturated carbocycles. The molecule has 0 fully saturated rings. The van der Waals surface area contributed by atoms with Crippen LogP contribution in [0.3, 0.4) is 0 Å². The third kappa shape index (κ3) is 1.67. The molecule has 0 atom stereocenters. The van der Waals surface area contributed by atoms with Crippen molar-refractivity contribution in [1.29, 1.82) is 0 Å². The summed E-state index contributed by atoms with van der Waals surface area (Å²) in [6.07, 6.45) is 0. The van der Waals surface area contributed by atoms with Gasteiger partial charge in [0.05, 0.1) is 10.7 Å². The normalized spacial score (nSPS) is 15.5. The van der Waals surface area contributed by atoms with Gasteiger partial charge in [0.2, 0.25) is 0 Å². The molecule has 0 saturated heterocycles. The van der Waals surface area contributed by atoms with Crippen LogP contribution in [-0.2, 0) is 13.1 Å². The molecular weight excluding hydrogens is 232 g/mol. The molecule has 1 aliphatic rings. The average molecular weight is 249 g/mol. The Kier molecular flexibility index (Phi) is 2.64. The highest BCUT2D eigenvalue weighted by Gasteiger charge is 2.18. The summed E-state index contributed by atoms with van der Waals surface area (Å²) in [4.78, 5) is 0. The van der Waals surface area contributed by atoms with Crippen molar-refractivity contribution in [2.45, 2.75) is 32.9 Å². The van der Waals surface area contributed by atoms with Gasteiger partial charge in [0.25, 0.3) is 0 Å². The van der Waals surface area contributed by atoms with Gasteiger partial charge in [-0.1, -0.05) is 31.5 Å². The molecule has 17 heavy (non-hydrogen) atoms. The van der Waals surface area contributed by atoms with Crippen LogP contribution in [0.25, 0.3) is 10.9 Å². The highest BCUT2D eigenvalue weighted by atomic mass is 35.5. The standard InChI is InChI=1S/C14H17ClN2/c1-9(2)10-3-4-12-11(7-10)14(15)13-8-16-5-6-17(12)13/h3-4,7,9,16H,5-6,8H2,1-2H3. The zero-order valence-corrected chi connectivity index (χ0v) is 11.0. The first-order valence-electron chi connectivity index (χ1n) is 6.19. The number of hydrogen-bond donors (Lipinski definition) is 1. The van der Waals surface area contributed by atoms with Crippen LogP contribution in [-0.4, -0.2) is 11.1 Å². The van der Waals surface area contributed by atoms with Crippen LogP contribution in [0.2, 0.25) is 5.02 Å².